The second-order valence-corrected chi connectivity index (χ2v) is 2.84. The van der Waals surface area contributed by atoms with Crippen molar-refractivity contribution in [2.24, 2.45) is 5.73 Å². The Kier molecular flexibility index (Phi) is 2.15. The third kappa shape index (κ3) is 1.11. The van der Waals surface area contributed by atoms with Crippen molar-refractivity contribution in [3.63, 3.8) is 0 Å². The van der Waals surface area contributed by atoms with E-state index < -0.39 is 5.97 Å². The minimum absolute atomic E-state index is 0.103. The Bertz CT molecular complexity index is 244. The molecule has 0 saturated carbocycles. The molecule has 1 heterocycles. The van der Waals surface area contributed by atoms with Crippen LogP contribution in [-0.4, -0.2) is 5.97 Å². The summed E-state index contributed by atoms with van der Waals surface area (Å²) >= 11 is 6.09. The van der Waals surface area contributed by atoms with E-state index in [0.29, 0.717) is 10.2 Å². The van der Waals surface area contributed by atoms with Crippen molar-refractivity contribution in [1.82, 2.24) is 0 Å². The third-order valence-electron chi connectivity index (χ3n) is 0.974. The van der Waals surface area contributed by atoms with Crippen molar-refractivity contribution in [1.29, 1.82) is 0 Å². The molecule has 0 unspecified atom stereocenters. The first-order valence-corrected chi connectivity index (χ1v) is 4.06. The fourth-order valence-corrected chi connectivity index (χ4v) is 1.48. The Morgan fingerprint density at radius 2 is 2.20 bits per heavy atom. The summed E-state index contributed by atoms with van der Waals surface area (Å²) < 4.78 is 5.16. The van der Waals surface area contributed by atoms with E-state index >= 15 is 0 Å². The lowest BCUT2D eigenvalue weighted by atomic mass is 10.4. The van der Waals surface area contributed by atoms with Crippen molar-refractivity contribution in [2.75, 3.05) is 0 Å². The van der Waals surface area contributed by atoms with Gasteiger partial charge in [0.05, 0.1) is 4.48 Å². The lowest BCUT2D eigenvalue weighted by Crippen LogP contribution is -2.06. The van der Waals surface area contributed by atoms with Crippen LogP contribution in [0, 0.1) is 0 Å². The molecule has 5 heteroatoms. The predicted octanol–water partition coefficient (Wildman–Crippen LogP) is 1.34. The zero-order valence-electron chi connectivity index (χ0n) is 4.73. The molecule has 0 aliphatic carbocycles. The number of hydrogen-bond acceptors (Lipinski definition) is 3. The fraction of sp³-hybridized carbons (Fsp3) is 0. The molecule has 1 aliphatic rings. The Hall–Kier alpha value is -0.290. The van der Waals surface area contributed by atoms with Gasteiger partial charge in [-0.05, 0) is 15.9 Å². The highest BCUT2D eigenvalue weighted by Gasteiger charge is 2.25. The molecule has 54 valence electrons. The van der Waals surface area contributed by atoms with E-state index in [0.717, 1.165) is 0 Å². The van der Waals surface area contributed by atoms with Crippen LogP contribution in [0.3, 0.4) is 0 Å². The van der Waals surface area contributed by atoms with Gasteiger partial charge in [0.2, 0.25) is 0 Å². The maximum Gasteiger partial charge on any atom is 0.360 e. The summed E-state index contributed by atoms with van der Waals surface area (Å²) in [5, 5.41) is 0. The van der Waals surface area contributed by atoms with Crippen molar-refractivity contribution in [3.05, 3.63) is 20.9 Å². The molecule has 10 heavy (non-hydrogen) atoms. The molecule has 0 bridgehead atoms. The Morgan fingerprint density at radius 3 is 2.40 bits per heavy atom. The fourth-order valence-electron chi connectivity index (χ4n) is 0.492. The minimum atomic E-state index is -0.516. The number of ether oxygens (including phenoxy) is 1. The zero-order valence-corrected chi connectivity index (χ0v) is 7.90. The van der Waals surface area contributed by atoms with Crippen LogP contribution in [0.2, 0.25) is 0 Å². The van der Waals surface area contributed by atoms with Crippen molar-refractivity contribution in [2.45, 2.75) is 0 Å². The average Bonchev–Trinajstić information content (AvgIpc) is 2.17. The molecule has 1 rings (SSSR count). The second kappa shape index (κ2) is 2.75. The van der Waals surface area contributed by atoms with Gasteiger partial charge < -0.3 is 10.5 Å². The van der Waals surface area contributed by atoms with Gasteiger partial charge >= 0.3 is 5.97 Å². The van der Waals surface area contributed by atoms with E-state index in [1.807, 2.05) is 0 Å². The van der Waals surface area contributed by atoms with Crippen LogP contribution >= 0.6 is 31.9 Å². The van der Waals surface area contributed by atoms with Crippen molar-refractivity contribution >= 4 is 37.8 Å². The maximum absolute atomic E-state index is 10.7. The second-order valence-electron chi connectivity index (χ2n) is 1.59. The number of cyclic esters (lactones) is 1. The van der Waals surface area contributed by atoms with Gasteiger partial charge in [0.25, 0.3) is 0 Å². The summed E-state index contributed by atoms with van der Waals surface area (Å²) in [6, 6.07) is 0. The first-order valence-electron chi connectivity index (χ1n) is 2.35. The van der Waals surface area contributed by atoms with E-state index in [9.17, 15) is 4.79 Å². The Morgan fingerprint density at radius 1 is 1.60 bits per heavy atom. The van der Waals surface area contributed by atoms with Crippen molar-refractivity contribution < 1.29 is 9.53 Å². The summed E-state index contributed by atoms with van der Waals surface area (Å²) in [7, 11) is 0. The van der Waals surface area contributed by atoms with Crippen molar-refractivity contribution in [3.8, 4) is 0 Å². The maximum atomic E-state index is 10.7. The molecule has 0 fully saturated rings. The van der Waals surface area contributed by atoms with Crippen LogP contribution in [0.25, 0.3) is 0 Å². The summed E-state index contributed by atoms with van der Waals surface area (Å²) in [6.07, 6.45) is 0. The standard InChI is InChI=1S/C5H3Br2NO2/c6-1-2-3(7)4(8)5(9)10-2/h1H,8H2/b2-1-. The van der Waals surface area contributed by atoms with Gasteiger partial charge in [-0.15, -0.1) is 0 Å². The number of halogens is 2. The normalized spacial score (nSPS) is 22.2. The molecule has 0 atom stereocenters. The van der Waals surface area contributed by atoms with Gasteiger partial charge in [-0.3, -0.25) is 0 Å². The molecule has 0 aromatic heterocycles. The number of carbonyl (C=O) groups is 1. The molecule has 0 radical (unpaired) electrons. The number of carbonyl (C=O) groups excluding carboxylic acids is 1. The number of esters is 1. The van der Waals surface area contributed by atoms with Gasteiger partial charge in [0, 0.05) is 4.99 Å². The largest absolute Gasteiger partial charge is 0.420 e. The predicted molar refractivity (Wildman–Crippen MR) is 43.2 cm³/mol. The van der Waals surface area contributed by atoms with Crippen LogP contribution < -0.4 is 5.73 Å². The summed E-state index contributed by atoms with van der Waals surface area (Å²) in [6.45, 7) is 0. The smallest absolute Gasteiger partial charge is 0.360 e. The quantitative estimate of drug-likeness (QED) is 0.675. The highest BCUT2D eigenvalue weighted by atomic mass is 79.9. The van der Waals surface area contributed by atoms with Gasteiger partial charge in [-0.25, -0.2) is 4.79 Å². The van der Waals surface area contributed by atoms with E-state index in [2.05, 4.69) is 36.6 Å². The van der Waals surface area contributed by atoms with E-state index in [1.54, 1.807) is 0 Å². The molecule has 0 amide bonds. The third-order valence-corrected chi connectivity index (χ3v) is 2.21. The number of allylic oxidation sites excluding steroid dienone is 1. The van der Waals surface area contributed by atoms with E-state index in [-0.39, 0.29) is 5.70 Å². The molecular weight excluding hydrogens is 266 g/mol. The molecule has 3 nitrogen and oxygen atoms in total. The van der Waals surface area contributed by atoms with E-state index in [1.165, 1.54) is 4.99 Å². The molecule has 1 aliphatic heterocycles. The van der Waals surface area contributed by atoms with Gasteiger partial charge in [-0.2, -0.15) is 0 Å². The van der Waals surface area contributed by atoms with Crippen LogP contribution in [0.1, 0.15) is 0 Å². The number of nitrogens with two attached hydrogens (primary N) is 1. The monoisotopic (exact) mass is 267 g/mol. The Balaban J connectivity index is 3.06. The molecule has 0 aromatic rings. The average molecular weight is 269 g/mol. The molecule has 2 N–H and O–H groups in total. The Labute approximate surface area is 74.2 Å². The van der Waals surface area contributed by atoms with E-state index in [4.69, 9.17) is 5.73 Å². The van der Waals surface area contributed by atoms with Crippen LogP contribution in [0.4, 0.5) is 0 Å². The number of hydrogen-bond donors (Lipinski definition) is 1. The molecule has 0 saturated heterocycles. The van der Waals surface area contributed by atoms with Gasteiger partial charge in [0.15, 0.2) is 5.76 Å². The van der Waals surface area contributed by atoms with Crippen LogP contribution in [-0.2, 0) is 9.53 Å². The SMILES string of the molecule is NC1=C(Br)/C(=C/Br)OC1=O. The van der Waals surface area contributed by atoms with Gasteiger partial charge in [-0.1, -0.05) is 15.9 Å². The molecule has 0 spiro atoms. The molecular formula is C5H3Br2NO2. The van der Waals surface area contributed by atoms with Gasteiger partial charge in [0.1, 0.15) is 5.70 Å². The first-order chi connectivity index (χ1) is 4.66. The lowest BCUT2D eigenvalue weighted by molar-refractivity contribution is -0.133. The topological polar surface area (TPSA) is 52.3 Å². The highest BCUT2D eigenvalue weighted by molar-refractivity contribution is 9.12. The summed E-state index contributed by atoms with van der Waals surface area (Å²) in [4.78, 5) is 12.1. The summed E-state index contributed by atoms with van der Waals surface area (Å²) in [5.41, 5.74) is 5.39. The van der Waals surface area contributed by atoms with Crippen LogP contribution in [0.15, 0.2) is 20.9 Å². The minimum Gasteiger partial charge on any atom is -0.420 e. The number of rotatable bonds is 0. The summed E-state index contributed by atoms with van der Waals surface area (Å²) in [5.74, 6) is -0.111. The zero-order chi connectivity index (χ0) is 7.72. The van der Waals surface area contributed by atoms with Crippen LogP contribution in [0.5, 0.6) is 0 Å². The highest BCUT2D eigenvalue weighted by Crippen LogP contribution is 2.28. The first kappa shape index (κ1) is 7.81. The lowest BCUT2D eigenvalue weighted by Gasteiger charge is -1.91. The molecule has 0 aromatic carbocycles.